The highest BCUT2D eigenvalue weighted by Gasteiger charge is 2.18. The Kier molecular flexibility index (Phi) is 4.87. The number of piperazine rings is 1. The average Bonchev–Trinajstić information content (AvgIpc) is 2.67. The summed E-state index contributed by atoms with van der Waals surface area (Å²) in [5, 5.41) is 1.12. The number of rotatable bonds is 4. The van der Waals surface area contributed by atoms with Crippen molar-refractivity contribution in [3.63, 3.8) is 0 Å². The Bertz CT molecular complexity index is 665. The Hall–Kier alpha value is -1.76. The first-order valence-electron chi connectivity index (χ1n) is 8.86. The highest BCUT2D eigenvalue weighted by molar-refractivity contribution is 5.81. The molecule has 0 radical (unpaired) electrons. The third-order valence-corrected chi connectivity index (χ3v) is 5.06. The van der Waals surface area contributed by atoms with E-state index in [0.29, 0.717) is 0 Å². The minimum atomic E-state index is 0.888. The zero-order valence-electron chi connectivity index (χ0n) is 14.1. The molecule has 0 aliphatic carbocycles. The third kappa shape index (κ3) is 3.66. The molecule has 2 aliphatic heterocycles. The van der Waals surface area contributed by atoms with Crippen molar-refractivity contribution in [2.24, 2.45) is 0 Å². The third-order valence-electron chi connectivity index (χ3n) is 5.06. The maximum absolute atomic E-state index is 5.41. The normalized spacial score (nSPS) is 20.6. The van der Waals surface area contributed by atoms with Gasteiger partial charge in [0.15, 0.2) is 0 Å². The lowest BCUT2D eigenvalue weighted by molar-refractivity contribution is 0.0331. The van der Waals surface area contributed by atoms with Crippen LogP contribution in [0, 0.1) is 0 Å². The summed E-state index contributed by atoms with van der Waals surface area (Å²) >= 11 is 0. The number of nitrogens with zero attached hydrogens (tertiary/aromatic N) is 5. The minimum absolute atomic E-state index is 0.888. The van der Waals surface area contributed by atoms with Gasteiger partial charge in [0.1, 0.15) is 6.33 Å². The number of ether oxygens (including phenoxy) is 1. The SMILES string of the molecule is c1ncc2cc(N3CCN(CCN4CCOCC4)CC3)ccc2n1. The van der Waals surface area contributed by atoms with Crippen molar-refractivity contribution >= 4 is 16.6 Å². The Labute approximate surface area is 143 Å². The Balaban J connectivity index is 1.30. The van der Waals surface area contributed by atoms with E-state index < -0.39 is 0 Å². The van der Waals surface area contributed by atoms with E-state index in [4.69, 9.17) is 4.74 Å². The molecule has 2 fully saturated rings. The Morgan fingerprint density at radius 1 is 0.917 bits per heavy atom. The van der Waals surface area contributed by atoms with E-state index in [1.807, 2.05) is 6.20 Å². The monoisotopic (exact) mass is 327 g/mol. The first kappa shape index (κ1) is 15.7. The standard InChI is InChI=1S/C18H25N5O/c1-2-18-16(14-19-15-20-18)13-17(1)23-7-5-21(6-8-23)3-4-22-9-11-24-12-10-22/h1-2,13-15H,3-12H2. The van der Waals surface area contributed by atoms with Crippen LogP contribution in [0.4, 0.5) is 5.69 Å². The van der Waals surface area contributed by atoms with E-state index in [1.54, 1.807) is 6.33 Å². The van der Waals surface area contributed by atoms with Crippen molar-refractivity contribution in [1.29, 1.82) is 0 Å². The molecule has 0 unspecified atom stereocenters. The van der Waals surface area contributed by atoms with Gasteiger partial charge in [-0.2, -0.15) is 0 Å². The number of fused-ring (bicyclic) bond motifs is 1. The first-order chi connectivity index (χ1) is 11.9. The zero-order chi connectivity index (χ0) is 16.2. The van der Waals surface area contributed by atoms with Crippen LogP contribution in [0.25, 0.3) is 10.9 Å². The number of morpholine rings is 1. The van der Waals surface area contributed by atoms with Crippen LogP contribution in [0.15, 0.2) is 30.7 Å². The van der Waals surface area contributed by atoms with Crippen LogP contribution in [-0.4, -0.2) is 85.3 Å². The molecule has 0 spiro atoms. The molecule has 6 nitrogen and oxygen atoms in total. The molecular weight excluding hydrogens is 302 g/mol. The van der Waals surface area contributed by atoms with Crippen LogP contribution in [0.2, 0.25) is 0 Å². The van der Waals surface area contributed by atoms with Gasteiger partial charge in [-0.25, -0.2) is 9.97 Å². The molecule has 0 bridgehead atoms. The molecule has 2 aromatic rings. The van der Waals surface area contributed by atoms with Crippen molar-refractivity contribution in [3.8, 4) is 0 Å². The summed E-state index contributed by atoms with van der Waals surface area (Å²) in [7, 11) is 0. The van der Waals surface area contributed by atoms with Crippen LogP contribution in [0.1, 0.15) is 0 Å². The molecule has 0 saturated carbocycles. The summed E-state index contributed by atoms with van der Waals surface area (Å²) in [6.45, 7) is 10.7. The molecule has 128 valence electrons. The van der Waals surface area contributed by atoms with Gasteiger partial charge in [-0.3, -0.25) is 9.80 Å². The fourth-order valence-electron chi connectivity index (χ4n) is 3.51. The summed E-state index contributed by atoms with van der Waals surface area (Å²) < 4.78 is 5.41. The molecule has 4 rings (SSSR count). The largest absolute Gasteiger partial charge is 0.379 e. The van der Waals surface area contributed by atoms with Gasteiger partial charge >= 0.3 is 0 Å². The number of benzene rings is 1. The second kappa shape index (κ2) is 7.42. The number of aromatic nitrogens is 2. The fourth-order valence-corrected chi connectivity index (χ4v) is 3.51. The topological polar surface area (TPSA) is 44.7 Å². The predicted molar refractivity (Wildman–Crippen MR) is 95.5 cm³/mol. The van der Waals surface area contributed by atoms with E-state index in [2.05, 4.69) is 42.9 Å². The van der Waals surface area contributed by atoms with Crippen molar-refractivity contribution in [3.05, 3.63) is 30.7 Å². The average molecular weight is 327 g/mol. The van der Waals surface area contributed by atoms with Gasteiger partial charge < -0.3 is 9.64 Å². The molecule has 1 aromatic carbocycles. The van der Waals surface area contributed by atoms with Gasteiger partial charge in [-0.1, -0.05) is 0 Å². The van der Waals surface area contributed by atoms with E-state index in [9.17, 15) is 0 Å². The summed E-state index contributed by atoms with van der Waals surface area (Å²) in [6.07, 6.45) is 3.50. The van der Waals surface area contributed by atoms with Crippen molar-refractivity contribution in [1.82, 2.24) is 19.8 Å². The maximum Gasteiger partial charge on any atom is 0.116 e. The van der Waals surface area contributed by atoms with Gasteiger partial charge in [0.05, 0.1) is 18.7 Å². The summed E-state index contributed by atoms with van der Waals surface area (Å²) in [4.78, 5) is 16.0. The molecule has 0 N–H and O–H groups in total. The second-order valence-corrected chi connectivity index (χ2v) is 6.55. The van der Waals surface area contributed by atoms with Gasteiger partial charge in [0, 0.05) is 69.6 Å². The molecule has 6 heteroatoms. The minimum Gasteiger partial charge on any atom is -0.379 e. The van der Waals surface area contributed by atoms with E-state index in [1.165, 1.54) is 12.2 Å². The van der Waals surface area contributed by atoms with Gasteiger partial charge in [-0.05, 0) is 18.2 Å². The fraction of sp³-hybridized carbons (Fsp3) is 0.556. The van der Waals surface area contributed by atoms with Crippen molar-refractivity contribution in [2.45, 2.75) is 0 Å². The van der Waals surface area contributed by atoms with Crippen LogP contribution in [0.5, 0.6) is 0 Å². The molecule has 2 saturated heterocycles. The molecular formula is C18H25N5O. The Morgan fingerprint density at radius 2 is 1.67 bits per heavy atom. The van der Waals surface area contributed by atoms with Gasteiger partial charge in [0.2, 0.25) is 0 Å². The molecule has 1 aromatic heterocycles. The number of anilines is 1. The molecule has 2 aliphatic rings. The van der Waals surface area contributed by atoms with Crippen LogP contribution >= 0.6 is 0 Å². The molecule has 3 heterocycles. The van der Waals surface area contributed by atoms with Crippen LogP contribution < -0.4 is 4.90 Å². The lowest BCUT2D eigenvalue weighted by atomic mass is 10.2. The lowest BCUT2D eigenvalue weighted by Crippen LogP contribution is -2.49. The molecule has 0 atom stereocenters. The smallest absolute Gasteiger partial charge is 0.116 e. The van der Waals surface area contributed by atoms with Crippen molar-refractivity contribution in [2.75, 3.05) is 70.5 Å². The van der Waals surface area contributed by atoms with Crippen LogP contribution in [-0.2, 0) is 4.74 Å². The number of hydrogen-bond acceptors (Lipinski definition) is 6. The van der Waals surface area contributed by atoms with Gasteiger partial charge in [0.25, 0.3) is 0 Å². The molecule has 24 heavy (non-hydrogen) atoms. The van der Waals surface area contributed by atoms with Crippen molar-refractivity contribution < 1.29 is 4.74 Å². The molecule has 0 amide bonds. The number of hydrogen-bond donors (Lipinski definition) is 0. The summed E-state index contributed by atoms with van der Waals surface area (Å²) in [6, 6.07) is 6.48. The quantitative estimate of drug-likeness (QED) is 0.837. The lowest BCUT2D eigenvalue weighted by Gasteiger charge is -2.37. The summed E-state index contributed by atoms with van der Waals surface area (Å²) in [5.41, 5.74) is 2.29. The maximum atomic E-state index is 5.41. The predicted octanol–water partition coefficient (Wildman–Crippen LogP) is 1.08. The first-order valence-corrected chi connectivity index (χ1v) is 8.86. The highest BCUT2D eigenvalue weighted by Crippen LogP contribution is 2.21. The van der Waals surface area contributed by atoms with E-state index >= 15 is 0 Å². The highest BCUT2D eigenvalue weighted by atomic mass is 16.5. The van der Waals surface area contributed by atoms with Gasteiger partial charge in [-0.15, -0.1) is 0 Å². The zero-order valence-corrected chi connectivity index (χ0v) is 14.1. The van der Waals surface area contributed by atoms with E-state index in [-0.39, 0.29) is 0 Å². The van der Waals surface area contributed by atoms with E-state index in [0.717, 1.165) is 69.9 Å². The van der Waals surface area contributed by atoms with Crippen LogP contribution in [0.3, 0.4) is 0 Å². The summed E-state index contributed by atoms with van der Waals surface area (Å²) in [5.74, 6) is 0. The Morgan fingerprint density at radius 3 is 2.46 bits per heavy atom. The second-order valence-electron chi connectivity index (χ2n) is 6.55.